The van der Waals surface area contributed by atoms with E-state index in [1.165, 1.54) is 4.88 Å². The quantitative estimate of drug-likeness (QED) is 0.439. The van der Waals surface area contributed by atoms with Crippen molar-refractivity contribution in [1.82, 2.24) is 9.88 Å². The van der Waals surface area contributed by atoms with Crippen molar-refractivity contribution in [1.29, 1.82) is 0 Å². The standard InChI is InChI=1S/C21H31ClN2O2S/c1-5-24(6-2)10-11-25-12-13-26-18-9-7-8-17(15-18)20-19(14-16(3)4)27-21(22)23-20/h7-9,15-16H,5-6,10-14H2,1-4H3. The number of likely N-dealkylation sites (N-methyl/N-ethyl adjacent to an activating group) is 1. The van der Waals surface area contributed by atoms with Crippen LogP contribution in [-0.2, 0) is 11.2 Å². The highest BCUT2D eigenvalue weighted by Crippen LogP contribution is 2.34. The second-order valence-corrected chi connectivity index (χ2v) is 8.52. The molecule has 0 saturated carbocycles. The van der Waals surface area contributed by atoms with Crippen LogP contribution in [0.2, 0.25) is 4.47 Å². The van der Waals surface area contributed by atoms with Gasteiger partial charge in [0.25, 0.3) is 0 Å². The average Bonchev–Trinajstić information content (AvgIpc) is 3.01. The Kier molecular flexibility index (Phi) is 9.56. The van der Waals surface area contributed by atoms with Gasteiger partial charge >= 0.3 is 0 Å². The highest BCUT2D eigenvalue weighted by Gasteiger charge is 2.14. The number of nitrogens with zero attached hydrogens (tertiary/aromatic N) is 2. The Labute approximate surface area is 172 Å². The number of hydrogen-bond acceptors (Lipinski definition) is 5. The van der Waals surface area contributed by atoms with Gasteiger partial charge in [-0.05, 0) is 37.6 Å². The van der Waals surface area contributed by atoms with Crippen molar-refractivity contribution in [3.05, 3.63) is 33.6 Å². The van der Waals surface area contributed by atoms with Gasteiger partial charge in [0.15, 0.2) is 4.47 Å². The molecule has 0 atom stereocenters. The molecule has 0 unspecified atom stereocenters. The lowest BCUT2D eigenvalue weighted by molar-refractivity contribution is 0.0819. The summed E-state index contributed by atoms with van der Waals surface area (Å²) in [4.78, 5) is 8.10. The van der Waals surface area contributed by atoms with E-state index in [-0.39, 0.29) is 0 Å². The van der Waals surface area contributed by atoms with Gasteiger partial charge in [-0.3, -0.25) is 0 Å². The summed E-state index contributed by atoms with van der Waals surface area (Å²) in [6.07, 6.45) is 0.977. The number of thiazole rings is 1. The minimum Gasteiger partial charge on any atom is -0.491 e. The van der Waals surface area contributed by atoms with Gasteiger partial charge in [-0.1, -0.05) is 51.4 Å². The molecule has 0 aliphatic carbocycles. The molecule has 0 aliphatic heterocycles. The molecule has 0 amide bonds. The average molecular weight is 411 g/mol. The first kappa shape index (κ1) is 22.2. The second kappa shape index (κ2) is 11.6. The monoisotopic (exact) mass is 410 g/mol. The van der Waals surface area contributed by atoms with Crippen molar-refractivity contribution in [3.8, 4) is 17.0 Å². The number of aromatic nitrogens is 1. The van der Waals surface area contributed by atoms with Crippen molar-refractivity contribution >= 4 is 22.9 Å². The molecule has 1 aromatic heterocycles. The van der Waals surface area contributed by atoms with E-state index in [1.807, 2.05) is 18.2 Å². The summed E-state index contributed by atoms with van der Waals surface area (Å²) in [7, 11) is 0. The van der Waals surface area contributed by atoms with Crippen molar-refractivity contribution in [2.45, 2.75) is 34.1 Å². The molecule has 0 N–H and O–H groups in total. The molecule has 0 aliphatic rings. The SMILES string of the molecule is CCN(CC)CCOCCOc1cccc(-c2nc(Cl)sc2CC(C)C)c1. The van der Waals surface area contributed by atoms with Gasteiger partial charge in [-0.15, -0.1) is 11.3 Å². The molecule has 1 heterocycles. The Morgan fingerprint density at radius 3 is 2.63 bits per heavy atom. The predicted molar refractivity (Wildman–Crippen MR) is 115 cm³/mol. The maximum atomic E-state index is 6.17. The van der Waals surface area contributed by atoms with Crippen molar-refractivity contribution in [2.24, 2.45) is 5.92 Å². The van der Waals surface area contributed by atoms with Crippen LogP contribution >= 0.6 is 22.9 Å². The Morgan fingerprint density at radius 1 is 1.15 bits per heavy atom. The van der Waals surface area contributed by atoms with Crippen LogP contribution < -0.4 is 4.74 Å². The number of halogens is 1. The van der Waals surface area contributed by atoms with E-state index in [2.05, 4.69) is 43.6 Å². The van der Waals surface area contributed by atoms with E-state index in [9.17, 15) is 0 Å². The Hall–Kier alpha value is -1.14. The van der Waals surface area contributed by atoms with Gasteiger partial charge in [0.05, 0.1) is 18.9 Å². The van der Waals surface area contributed by atoms with Gasteiger partial charge in [0.1, 0.15) is 12.4 Å². The zero-order valence-electron chi connectivity index (χ0n) is 16.8. The van der Waals surface area contributed by atoms with Crippen molar-refractivity contribution < 1.29 is 9.47 Å². The lowest BCUT2D eigenvalue weighted by Gasteiger charge is -2.17. The topological polar surface area (TPSA) is 34.6 Å². The van der Waals surface area contributed by atoms with E-state index in [4.69, 9.17) is 21.1 Å². The normalized spacial score (nSPS) is 11.5. The molecule has 6 heteroatoms. The maximum Gasteiger partial charge on any atom is 0.184 e. The Bertz CT molecular complexity index is 687. The van der Waals surface area contributed by atoms with Gasteiger partial charge in [-0.2, -0.15) is 0 Å². The van der Waals surface area contributed by atoms with Crippen molar-refractivity contribution in [3.63, 3.8) is 0 Å². The summed E-state index contributed by atoms with van der Waals surface area (Å²) in [5.41, 5.74) is 2.02. The maximum absolute atomic E-state index is 6.17. The van der Waals surface area contributed by atoms with Gasteiger partial charge in [0, 0.05) is 17.0 Å². The highest BCUT2D eigenvalue weighted by atomic mass is 35.5. The van der Waals surface area contributed by atoms with Gasteiger partial charge in [-0.25, -0.2) is 4.98 Å². The number of benzene rings is 1. The van der Waals surface area contributed by atoms with E-state index in [0.717, 1.165) is 49.7 Å². The summed E-state index contributed by atoms with van der Waals surface area (Å²) in [6, 6.07) is 8.06. The van der Waals surface area contributed by atoms with Gasteiger partial charge in [0.2, 0.25) is 0 Å². The van der Waals surface area contributed by atoms with Crippen LogP contribution in [0.15, 0.2) is 24.3 Å². The third-order valence-electron chi connectivity index (χ3n) is 4.32. The van der Waals surface area contributed by atoms with Crippen LogP contribution in [0, 0.1) is 5.92 Å². The molecular weight excluding hydrogens is 380 g/mol. The molecular formula is C21H31ClN2O2S. The molecule has 0 fully saturated rings. The molecule has 1 aromatic carbocycles. The highest BCUT2D eigenvalue weighted by molar-refractivity contribution is 7.16. The van der Waals surface area contributed by atoms with Crippen LogP contribution in [-0.4, -0.2) is 49.3 Å². The molecule has 2 rings (SSSR count). The summed E-state index contributed by atoms with van der Waals surface area (Å²) in [6.45, 7) is 13.7. The summed E-state index contributed by atoms with van der Waals surface area (Å²) >= 11 is 7.74. The minimum absolute atomic E-state index is 0.540. The minimum atomic E-state index is 0.540. The molecule has 4 nitrogen and oxygen atoms in total. The van der Waals surface area contributed by atoms with Crippen LogP contribution in [0.25, 0.3) is 11.3 Å². The van der Waals surface area contributed by atoms with Crippen LogP contribution in [0.3, 0.4) is 0 Å². The van der Waals surface area contributed by atoms with Crippen LogP contribution in [0.1, 0.15) is 32.6 Å². The number of hydrogen-bond donors (Lipinski definition) is 0. The van der Waals surface area contributed by atoms with E-state index >= 15 is 0 Å². The zero-order valence-corrected chi connectivity index (χ0v) is 18.4. The third-order valence-corrected chi connectivity index (χ3v) is 5.50. The van der Waals surface area contributed by atoms with E-state index in [1.54, 1.807) is 11.3 Å². The fraction of sp³-hybridized carbons (Fsp3) is 0.571. The van der Waals surface area contributed by atoms with Crippen LogP contribution in [0.4, 0.5) is 0 Å². The number of rotatable bonds is 12. The first-order valence-corrected chi connectivity index (χ1v) is 10.9. The predicted octanol–water partition coefficient (Wildman–Crippen LogP) is 5.40. The second-order valence-electron chi connectivity index (χ2n) is 6.85. The molecule has 0 saturated heterocycles. The zero-order chi connectivity index (χ0) is 19.6. The van der Waals surface area contributed by atoms with Crippen LogP contribution in [0.5, 0.6) is 5.75 Å². The first-order valence-electron chi connectivity index (χ1n) is 9.72. The molecule has 2 aromatic rings. The largest absolute Gasteiger partial charge is 0.491 e. The summed E-state index contributed by atoms with van der Waals surface area (Å²) in [5.74, 6) is 1.40. The third kappa shape index (κ3) is 7.41. The molecule has 27 heavy (non-hydrogen) atoms. The van der Waals surface area contributed by atoms with E-state index in [0.29, 0.717) is 23.6 Å². The smallest absolute Gasteiger partial charge is 0.184 e. The van der Waals surface area contributed by atoms with Gasteiger partial charge < -0.3 is 14.4 Å². The van der Waals surface area contributed by atoms with E-state index < -0.39 is 0 Å². The lowest BCUT2D eigenvalue weighted by atomic mass is 10.0. The Morgan fingerprint density at radius 2 is 1.93 bits per heavy atom. The fourth-order valence-electron chi connectivity index (χ4n) is 2.84. The molecule has 0 radical (unpaired) electrons. The first-order chi connectivity index (χ1) is 13.0. The lowest BCUT2D eigenvalue weighted by Crippen LogP contribution is -2.27. The summed E-state index contributed by atoms with van der Waals surface area (Å²) in [5, 5.41) is 0. The molecule has 150 valence electrons. The fourth-order valence-corrected chi connectivity index (χ4v) is 4.23. The number of ether oxygens (including phenoxy) is 2. The Balaban J connectivity index is 1.87. The molecule has 0 spiro atoms. The molecule has 0 bridgehead atoms. The summed E-state index contributed by atoms with van der Waals surface area (Å²) < 4.78 is 12.1. The van der Waals surface area contributed by atoms with Crippen molar-refractivity contribution in [2.75, 3.05) is 39.5 Å².